The minimum absolute atomic E-state index is 0.0211. The van der Waals surface area contributed by atoms with Gasteiger partial charge in [0.2, 0.25) is 0 Å². The smallest absolute Gasteiger partial charge is 0.125 e. The zero-order valence-corrected chi connectivity index (χ0v) is 10.1. The number of nitrogens with one attached hydrogen (secondary N) is 1. The van der Waals surface area contributed by atoms with Gasteiger partial charge in [-0.05, 0) is 32.2 Å². The number of hydrogen-bond donors (Lipinski definition) is 1. The fraction of sp³-hybridized carbons (Fsp3) is 0.286. The fourth-order valence-corrected chi connectivity index (χ4v) is 1.91. The normalized spacial score (nSPS) is 12.4. The van der Waals surface area contributed by atoms with Crippen molar-refractivity contribution in [2.75, 3.05) is 13.7 Å². The molecule has 0 bridgehead atoms. The van der Waals surface area contributed by atoms with Crippen LogP contribution in [0.1, 0.15) is 24.3 Å². The molecule has 2 rings (SSSR count). The van der Waals surface area contributed by atoms with Gasteiger partial charge in [-0.1, -0.05) is 18.2 Å². The van der Waals surface area contributed by atoms with Crippen molar-refractivity contribution in [3.05, 3.63) is 54.0 Å². The van der Waals surface area contributed by atoms with Crippen molar-refractivity contribution in [1.29, 1.82) is 0 Å². The molecule has 0 amide bonds. The van der Waals surface area contributed by atoms with Gasteiger partial charge in [0, 0.05) is 5.56 Å². The molecule has 0 aliphatic carbocycles. The maximum atomic E-state index is 5.64. The molecule has 0 saturated heterocycles. The summed E-state index contributed by atoms with van der Waals surface area (Å²) in [7, 11) is 1.91. The van der Waals surface area contributed by atoms with E-state index in [1.807, 2.05) is 44.3 Å². The van der Waals surface area contributed by atoms with Crippen LogP contribution in [0.5, 0.6) is 5.75 Å². The summed E-state index contributed by atoms with van der Waals surface area (Å²) >= 11 is 0. The van der Waals surface area contributed by atoms with Crippen LogP contribution in [-0.2, 0) is 0 Å². The van der Waals surface area contributed by atoms with Crippen molar-refractivity contribution in [2.45, 2.75) is 13.0 Å². The maximum Gasteiger partial charge on any atom is 0.125 e. The Balaban J connectivity index is 2.37. The molecule has 3 heteroatoms. The second kappa shape index (κ2) is 5.55. The molecule has 2 aromatic rings. The van der Waals surface area contributed by atoms with Crippen LogP contribution in [0.25, 0.3) is 0 Å². The van der Waals surface area contributed by atoms with E-state index in [0.29, 0.717) is 6.61 Å². The van der Waals surface area contributed by atoms with Gasteiger partial charge in [0.25, 0.3) is 0 Å². The van der Waals surface area contributed by atoms with E-state index in [0.717, 1.165) is 17.1 Å². The molecule has 1 aromatic heterocycles. The number of benzene rings is 1. The number of para-hydroxylation sites is 1. The van der Waals surface area contributed by atoms with E-state index in [1.165, 1.54) is 0 Å². The minimum atomic E-state index is 0.0211. The van der Waals surface area contributed by atoms with Gasteiger partial charge in [-0.2, -0.15) is 0 Å². The van der Waals surface area contributed by atoms with Crippen LogP contribution in [-0.4, -0.2) is 13.7 Å². The van der Waals surface area contributed by atoms with Gasteiger partial charge in [0.1, 0.15) is 11.5 Å². The Bertz CT molecular complexity index is 451. The van der Waals surface area contributed by atoms with Gasteiger partial charge in [-0.15, -0.1) is 0 Å². The molecule has 0 radical (unpaired) electrons. The van der Waals surface area contributed by atoms with E-state index in [-0.39, 0.29) is 6.04 Å². The first-order valence-electron chi connectivity index (χ1n) is 5.79. The predicted octanol–water partition coefficient (Wildman–Crippen LogP) is 2.99. The van der Waals surface area contributed by atoms with Crippen LogP contribution in [0.2, 0.25) is 0 Å². The first kappa shape index (κ1) is 11.7. The fourth-order valence-electron chi connectivity index (χ4n) is 1.91. The Morgan fingerprint density at radius 2 is 2.06 bits per heavy atom. The molecule has 0 saturated carbocycles. The van der Waals surface area contributed by atoms with Crippen molar-refractivity contribution in [3.63, 3.8) is 0 Å². The highest BCUT2D eigenvalue weighted by Gasteiger charge is 2.18. The van der Waals surface area contributed by atoms with E-state index < -0.39 is 0 Å². The summed E-state index contributed by atoms with van der Waals surface area (Å²) in [6.07, 6.45) is 1.68. The molecule has 3 nitrogen and oxygen atoms in total. The third-order valence-electron chi connectivity index (χ3n) is 2.65. The van der Waals surface area contributed by atoms with Crippen LogP contribution in [0, 0.1) is 0 Å². The van der Waals surface area contributed by atoms with Gasteiger partial charge in [-0.3, -0.25) is 0 Å². The van der Waals surface area contributed by atoms with E-state index in [1.54, 1.807) is 6.26 Å². The highest BCUT2D eigenvalue weighted by molar-refractivity contribution is 5.39. The molecule has 90 valence electrons. The molecule has 1 atom stereocenters. The summed E-state index contributed by atoms with van der Waals surface area (Å²) in [5, 5.41) is 3.25. The number of hydrogen-bond acceptors (Lipinski definition) is 3. The van der Waals surface area contributed by atoms with E-state index in [9.17, 15) is 0 Å². The van der Waals surface area contributed by atoms with Crippen LogP contribution >= 0.6 is 0 Å². The summed E-state index contributed by atoms with van der Waals surface area (Å²) in [5.41, 5.74) is 1.09. The second-order valence-electron chi connectivity index (χ2n) is 3.71. The monoisotopic (exact) mass is 231 g/mol. The van der Waals surface area contributed by atoms with Crippen molar-refractivity contribution >= 4 is 0 Å². The molecule has 17 heavy (non-hydrogen) atoms. The topological polar surface area (TPSA) is 34.4 Å². The summed E-state index contributed by atoms with van der Waals surface area (Å²) in [6, 6.07) is 11.9. The van der Waals surface area contributed by atoms with Crippen molar-refractivity contribution in [3.8, 4) is 5.75 Å². The number of rotatable bonds is 5. The van der Waals surface area contributed by atoms with E-state index in [2.05, 4.69) is 11.4 Å². The molecule has 0 aliphatic rings. The lowest BCUT2D eigenvalue weighted by molar-refractivity contribution is 0.331. The lowest BCUT2D eigenvalue weighted by Crippen LogP contribution is -2.18. The second-order valence-corrected chi connectivity index (χ2v) is 3.71. The van der Waals surface area contributed by atoms with Gasteiger partial charge >= 0.3 is 0 Å². The minimum Gasteiger partial charge on any atom is -0.494 e. The summed E-state index contributed by atoms with van der Waals surface area (Å²) < 4.78 is 11.1. The van der Waals surface area contributed by atoms with Gasteiger partial charge in [-0.25, -0.2) is 0 Å². The lowest BCUT2D eigenvalue weighted by Gasteiger charge is -2.17. The van der Waals surface area contributed by atoms with Crippen molar-refractivity contribution < 1.29 is 9.15 Å². The Morgan fingerprint density at radius 3 is 2.71 bits per heavy atom. The standard InChI is InChI=1S/C14H17NO2/c1-3-16-12-8-5-4-7-11(12)14(15-2)13-9-6-10-17-13/h4-10,14-15H,3H2,1-2H3. The zero-order chi connectivity index (χ0) is 12.1. The summed E-state index contributed by atoms with van der Waals surface area (Å²) in [4.78, 5) is 0. The highest BCUT2D eigenvalue weighted by Crippen LogP contribution is 2.29. The zero-order valence-electron chi connectivity index (χ0n) is 10.1. The molecule has 0 spiro atoms. The van der Waals surface area contributed by atoms with Crippen LogP contribution in [0.15, 0.2) is 47.1 Å². The van der Waals surface area contributed by atoms with Crippen LogP contribution < -0.4 is 10.1 Å². The molecular formula is C14H17NO2. The first-order chi connectivity index (χ1) is 8.36. The molecule has 0 fully saturated rings. The van der Waals surface area contributed by atoms with Gasteiger partial charge in [0.05, 0.1) is 18.9 Å². The quantitative estimate of drug-likeness (QED) is 0.859. The first-order valence-corrected chi connectivity index (χ1v) is 5.79. The number of furan rings is 1. The Labute approximate surface area is 101 Å². The van der Waals surface area contributed by atoms with Gasteiger partial charge < -0.3 is 14.5 Å². The molecule has 1 heterocycles. The third-order valence-corrected chi connectivity index (χ3v) is 2.65. The van der Waals surface area contributed by atoms with Crippen molar-refractivity contribution in [2.24, 2.45) is 0 Å². The van der Waals surface area contributed by atoms with Crippen molar-refractivity contribution in [1.82, 2.24) is 5.32 Å². The third kappa shape index (κ3) is 2.50. The van der Waals surface area contributed by atoms with E-state index >= 15 is 0 Å². The van der Waals surface area contributed by atoms with Gasteiger partial charge in [0.15, 0.2) is 0 Å². The Hall–Kier alpha value is -1.74. The average Bonchev–Trinajstić information content (AvgIpc) is 2.86. The SMILES string of the molecule is CCOc1ccccc1C(NC)c1ccco1. The molecule has 1 N–H and O–H groups in total. The Morgan fingerprint density at radius 1 is 1.24 bits per heavy atom. The predicted molar refractivity (Wildman–Crippen MR) is 67.2 cm³/mol. The largest absolute Gasteiger partial charge is 0.494 e. The summed E-state index contributed by atoms with van der Waals surface area (Å²) in [6.45, 7) is 2.64. The van der Waals surface area contributed by atoms with Crippen LogP contribution in [0.3, 0.4) is 0 Å². The Kier molecular flexibility index (Phi) is 3.83. The maximum absolute atomic E-state index is 5.64. The molecule has 1 unspecified atom stereocenters. The van der Waals surface area contributed by atoms with E-state index in [4.69, 9.17) is 9.15 Å². The summed E-state index contributed by atoms with van der Waals surface area (Å²) in [5.74, 6) is 1.78. The molecule has 1 aromatic carbocycles. The average molecular weight is 231 g/mol. The highest BCUT2D eigenvalue weighted by atomic mass is 16.5. The number of ether oxygens (including phenoxy) is 1. The molecular weight excluding hydrogens is 214 g/mol. The lowest BCUT2D eigenvalue weighted by atomic mass is 10.0. The molecule has 0 aliphatic heterocycles. The van der Waals surface area contributed by atoms with Crippen LogP contribution in [0.4, 0.5) is 0 Å².